The zero-order valence-corrected chi connectivity index (χ0v) is 15.0. The maximum atomic E-state index is 12.6. The minimum Gasteiger partial charge on any atom is -0.497 e. The number of ether oxygens (including phenoxy) is 1. The zero-order valence-electron chi connectivity index (χ0n) is 15.0. The molecule has 1 fully saturated rings. The van der Waals surface area contributed by atoms with Crippen molar-refractivity contribution in [2.75, 3.05) is 25.1 Å². The minimum atomic E-state index is -1.09. The summed E-state index contributed by atoms with van der Waals surface area (Å²) in [4.78, 5) is 34.7. The first kappa shape index (κ1) is 18.6. The Morgan fingerprint density at radius 3 is 2.48 bits per heavy atom. The van der Waals surface area contributed by atoms with Crippen LogP contribution in [-0.4, -0.2) is 47.2 Å². The molecule has 2 N–H and O–H groups in total. The van der Waals surface area contributed by atoms with Crippen molar-refractivity contribution in [1.29, 1.82) is 0 Å². The average molecular weight is 370 g/mol. The number of methoxy groups -OCH3 is 1. The van der Waals surface area contributed by atoms with E-state index in [0.29, 0.717) is 37.2 Å². The van der Waals surface area contributed by atoms with Gasteiger partial charge in [0.15, 0.2) is 6.04 Å². The molecule has 3 rings (SSSR count). The van der Waals surface area contributed by atoms with Crippen molar-refractivity contribution < 1.29 is 19.4 Å². The highest BCUT2D eigenvalue weighted by atomic mass is 16.5. The third-order valence-electron chi connectivity index (χ3n) is 4.72. The van der Waals surface area contributed by atoms with E-state index in [-0.39, 0.29) is 11.8 Å². The van der Waals surface area contributed by atoms with Gasteiger partial charge >= 0.3 is 5.97 Å². The Hall–Kier alpha value is -3.16. The number of benzene rings is 1. The number of hydrogen-bond donors (Lipinski definition) is 2. The number of carboxylic acids is 1. The van der Waals surface area contributed by atoms with Crippen molar-refractivity contribution in [2.45, 2.75) is 18.9 Å². The highest BCUT2D eigenvalue weighted by molar-refractivity contribution is 5.86. The van der Waals surface area contributed by atoms with Crippen molar-refractivity contribution in [2.24, 2.45) is 5.92 Å². The van der Waals surface area contributed by atoms with Crippen molar-refractivity contribution in [3.05, 3.63) is 48.4 Å². The second-order valence-electron chi connectivity index (χ2n) is 6.38. The van der Waals surface area contributed by atoms with Crippen molar-refractivity contribution in [3.8, 4) is 5.75 Å². The molecule has 1 unspecified atom stereocenters. The van der Waals surface area contributed by atoms with E-state index in [1.54, 1.807) is 50.0 Å². The number of rotatable bonds is 6. The van der Waals surface area contributed by atoms with Crippen molar-refractivity contribution in [3.63, 3.8) is 0 Å². The highest BCUT2D eigenvalue weighted by Crippen LogP contribution is 2.23. The first-order valence-electron chi connectivity index (χ1n) is 8.76. The number of piperidine rings is 1. The van der Waals surface area contributed by atoms with Gasteiger partial charge in [0.1, 0.15) is 11.6 Å². The van der Waals surface area contributed by atoms with E-state index in [1.165, 1.54) is 0 Å². The van der Waals surface area contributed by atoms with Crippen LogP contribution in [0.1, 0.15) is 24.4 Å². The highest BCUT2D eigenvalue weighted by Gasteiger charge is 2.29. The number of carboxylic acid groups (broad SMARTS) is 1. The van der Waals surface area contributed by atoms with Gasteiger partial charge in [-0.05, 0) is 30.5 Å². The summed E-state index contributed by atoms with van der Waals surface area (Å²) in [6, 6.07) is 5.57. The first-order valence-corrected chi connectivity index (χ1v) is 8.76. The van der Waals surface area contributed by atoms with Crippen LogP contribution in [0.15, 0.2) is 42.9 Å². The number of carbonyl (C=O) groups excluding carboxylic acids is 1. The molecule has 0 spiro atoms. The van der Waals surface area contributed by atoms with E-state index in [9.17, 15) is 14.7 Å². The third kappa shape index (κ3) is 4.52. The molecule has 0 bridgehead atoms. The van der Waals surface area contributed by atoms with Gasteiger partial charge in [0.25, 0.3) is 0 Å². The van der Waals surface area contributed by atoms with Gasteiger partial charge in [-0.25, -0.2) is 9.78 Å². The predicted octanol–water partition coefficient (Wildman–Crippen LogP) is 1.64. The van der Waals surface area contributed by atoms with Crippen LogP contribution in [0.4, 0.5) is 5.82 Å². The molecule has 1 atom stereocenters. The maximum absolute atomic E-state index is 12.6. The van der Waals surface area contributed by atoms with Crippen molar-refractivity contribution >= 4 is 17.7 Å². The number of hydrogen-bond acceptors (Lipinski definition) is 6. The molecule has 2 heterocycles. The fourth-order valence-corrected chi connectivity index (χ4v) is 3.17. The molecule has 0 saturated carbocycles. The van der Waals surface area contributed by atoms with Crippen LogP contribution in [0.5, 0.6) is 5.75 Å². The number of anilines is 1. The average Bonchev–Trinajstić information content (AvgIpc) is 2.72. The third-order valence-corrected chi connectivity index (χ3v) is 4.72. The van der Waals surface area contributed by atoms with E-state index in [1.807, 2.05) is 0 Å². The molecule has 1 aromatic carbocycles. The van der Waals surface area contributed by atoms with Crippen LogP contribution in [0, 0.1) is 5.92 Å². The van der Waals surface area contributed by atoms with Gasteiger partial charge < -0.3 is 20.1 Å². The van der Waals surface area contributed by atoms with Gasteiger partial charge in [-0.1, -0.05) is 12.1 Å². The Kier molecular flexibility index (Phi) is 5.85. The Labute approximate surface area is 157 Å². The number of aliphatic carboxylic acids is 1. The monoisotopic (exact) mass is 370 g/mol. The van der Waals surface area contributed by atoms with E-state index >= 15 is 0 Å². The molecule has 142 valence electrons. The molecule has 8 nitrogen and oxygen atoms in total. The lowest BCUT2D eigenvalue weighted by atomic mass is 9.95. The topological polar surface area (TPSA) is 105 Å². The van der Waals surface area contributed by atoms with Gasteiger partial charge in [0.05, 0.1) is 13.3 Å². The fraction of sp³-hybridized carbons (Fsp3) is 0.368. The number of nitrogens with zero attached hydrogens (tertiary/aromatic N) is 3. The van der Waals surface area contributed by atoms with Crippen molar-refractivity contribution in [1.82, 2.24) is 15.3 Å². The molecular formula is C19H22N4O4. The summed E-state index contributed by atoms with van der Waals surface area (Å²) >= 11 is 0. The molecule has 0 radical (unpaired) electrons. The maximum Gasteiger partial charge on any atom is 0.330 e. The molecule has 2 aromatic rings. The van der Waals surface area contributed by atoms with E-state index < -0.39 is 12.0 Å². The van der Waals surface area contributed by atoms with Crippen LogP contribution >= 0.6 is 0 Å². The first-order chi connectivity index (χ1) is 13.1. The summed E-state index contributed by atoms with van der Waals surface area (Å²) in [5.41, 5.74) is 0.508. The summed E-state index contributed by atoms with van der Waals surface area (Å²) < 4.78 is 5.08. The lowest BCUT2D eigenvalue weighted by molar-refractivity contribution is -0.142. The molecule has 8 heteroatoms. The smallest absolute Gasteiger partial charge is 0.330 e. The van der Waals surface area contributed by atoms with E-state index in [4.69, 9.17) is 4.74 Å². The second-order valence-corrected chi connectivity index (χ2v) is 6.38. The number of nitrogens with one attached hydrogen (secondary N) is 1. The normalized spacial score (nSPS) is 15.8. The van der Waals surface area contributed by atoms with E-state index in [2.05, 4.69) is 20.2 Å². The lowest BCUT2D eigenvalue weighted by Crippen LogP contribution is -2.43. The summed E-state index contributed by atoms with van der Waals surface area (Å²) in [5, 5.41) is 12.2. The molecule has 1 aromatic heterocycles. The molecular weight excluding hydrogens is 348 g/mol. The Morgan fingerprint density at radius 2 is 1.93 bits per heavy atom. The van der Waals surface area contributed by atoms with E-state index in [0.717, 1.165) is 5.82 Å². The SMILES string of the molecule is COc1ccc(C(NC(=O)C2CCN(c3cnccn3)CC2)C(=O)O)cc1. The number of carbonyl (C=O) groups is 2. The van der Waals surface area contributed by atoms with Gasteiger partial charge in [0.2, 0.25) is 5.91 Å². The van der Waals surface area contributed by atoms with Crippen LogP contribution < -0.4 is 15.0 Å². The van der Waals surface area contributed by atoms with Crippen LogP contribution in [0.2, 0.25) is 0 Å². The molecule has 0 aliphatic carbocycles. The van der Waals surface area contributed by atoms with Crippen LogP contribution in [0.3, 0.4) is 0 Å². The Bertz CT molecular complexity index is 774. The van der Waals surface area contributed by atoms with Gasteiger partial charge in [0, 0.05) is 31.4 Å². The quantitative estimate of drug-likeness (QED) is 0.796. The lowest BCUT2D eigenvalue weighted by Gasteiger charge is -2.32. The second kappa shape index (κ2) is 8.48. The van der Waals surface area contributed by atoms with Crippen LogP contribution in [0.25, 0.3) is 0 Å². The standard InChI is InChI=1S/C19H22N4O4/c1-27-15-4-2-13(3-5-15)17(19(25)26)22-18(24)14-6-10-23(11-7-14)16-12-20-8-9-21-16/h2-5,8-9,12,14,17H,6-7,10-11H2,1H3,(H,22,24)(H,25,26). The Morgan fingerprint density at radius 1 is 1.22 bits per heavy atom. The summed E-state index contributed by atoms with van der Waals surface area (Å²) in [5.74, 6) is -0.135. The molecule has 1 aliphatic rings. The molecule has 1 amide bonds. The molecule has 27 heavy (non-hydrogen) atoms. The summed E-state index contributed by atoms with van der Waals surface area (Å²) in [6.07, 6.45) is 6.23. The predicted molar refractivity (Wildman–Crippen MR) is 98.5 cm³/mol. The summed E-state index contributed by atoms with van der Waals surface area (Å²) in [6.45, 7) is 1.36. The fourth-order valence-electron chi connectivity index (χ4n) is 3.17. The van der Waals surface area contributed by atoms with Gasteiger partial charge in [-0.3, -0.25) is 9.78 Å². The molecule has 1 saturated heterocycles. The van der Waals surface area contributed by atoms with Crippen LogP contribution in [-0.2, 0) is 9.59 Å². The number of amides is 1. The van der Waals surface area contributed by atoms with Gasteiger partial charge in [-0.15, -0.1) is 0 Å². The minimum absolute atomic E-state index is 0.224. The summed E-state index contributed by atoms with van der Waals surface area (Å²) in [7, 11) is 1.54. The zero-order chi connectivity index (χ0) is 19.2. The Balaban J connectivity index is 1.60. The molecule has 1 aliphatic heterocycles. The van der Waals surface area contributed by atoms with Gasteiger partial charge in [-0.2, -0.15) is 0 Å². The largest absolute Gasteiger partial charge is 0.497 e. The number of aromatic nitrogens is 2.